The summed E-state index contributed by atoms with van der Waals surface area (Å²) in [5.41, 5.74) is 13.7. The van der Waals surface area contributed by atoms with Crippen LogP contribution in [0.1, 0.15) is 16.4 Å². The highest BCUT2D eigenvalue weighted by atomic mass is 15.0. The Labute approximate surface area is 455 Å². The number of fused-ring (bicyclic) bond motifs is 12. The van der Waals surface area contributed by atoms with Gasteiger partial charge in [-0.3, -0.25) is 0 Å². The summed E-state index contributed by atoms with van der Waals surface area (Å²) < 4.78 is 115. The Balaban J connectivity index is 0.887. The maximum atomic E-state index is 9.21. The number of para-hydroxylation sites is 6. The highest BCUT2D eigenvalue weighted by molar-refractivity contribution is 6.15. The van der Waals surface area contributed by atoms with Crippen molar-refractivity contribution in [2.24, 2.45) is 0 Å². The van der Waals surface area contributed by atoms with Crippen LogP contribution < -0.4 is 0 Å². The maximum Gasteiger partial charge on any atom is 0.0645 e. The van der Waals surface area contributed by atoms with Crippen LogP contribution >= 0.6 is 0 Å². The fourth-order valence-corrected chi connectivity index (χ4v) is 11.7. The van der Waals surface area contributed by atoms with E-state index < -0.39 is 0 Å². The van der Waals surface area contributed by atoms with Gasteiger partial charge in [0.05, 0.1) is 60.6 Å². The Morgan fingerprint density at radius 1 is 0.197 bits per heavy atom. The van der Waals surface area contributed by atoms with E-state index in [0.29, 0.717) is 48.9 Å². The van der Waals surface area contributed by atoms with Crippen LogP contribution in [0, 0.1) is 0 Å². The second-order valence-electron chi connectivity index (χ2n) is 19.2. The second-order valence-corrected chi connectivity index (χ2v) is 19.2. The third-order valence-corrected chi connectivity index (χ3v) is 15.1. The minimum absolute atomic E-state index is 0.0972. The van der Waals surface area contributed by atoms with Crippen molar-refractivity contribution in [2.45, 2.75) is 0 Å². The summed E-state index contributed by atoms with van der Waals surface area (Å²) in [4.78, 5) is 0. The summed E-state index contributed by atoms with van der Waals surface area (Å²) >= 11 is 0. The van der Waals surface area contributed by atoms with Crippen LogP contribution in [-0.4, -0.2) is 18.3 Å². The Kier molecular flexibility index (Phi) is 7.05. The lowest BCUT2D eigenvalue weighted by molar-refractivity contribution is 1.18. The lowest BCUT2D eigenvalue weighted by atomic mass is 9.98. The van der Waals surface area contributed by atoms with Crippen molar-refractivity contribution < 1.29 is 16.4 Å². The van der Waals surface area contributed by atoms with Crippen molar-refractivity contribution in [1.82, 2.24) is 18.3 Å². The van der Waals surface area contributed by atoms with Gasteiger partial charge in [0.25, 0.3) is 0 Å². The molecule has 0 aliphatic rings. The summed E-state index contributed by atoms with van der Waals surface area (Å²) in [6.45, 7) is 0. The smallest absolute Gasteiger partial charge is 0.0645 e. The molecular formula is C72H46N4. The zero-order chi connectivity index (χ0) is 60.3. The lowest BCUT2D eigenvalue weighted by Gasteiger charge is -2.11. The van der Waals surface area contributed by atoms with Gasteiger partial charge in [0.2, 0.25) is 0 Å². The van der Waals surface area contributed by atoms with E-state index in [0.717, 1.165) is 94.5 Å². The molecule has 0 N–H and O–H groups in total. The minimum Gasteiger partial charge on any atom is -0.309 e. The molecule has 4 heteroatoms. The van der Waals surface area contributed by atoms with Crippen molar-refractivity contribution in [3.05, 3.63) is 279 Å². The molecule has 4 heterocycles. The molecule has 0 saturated carbocycles. The third-order valence-electron chi connectivity index (χ3n) is 15.1. The molecule has 4 nitrogen and oxygen atoms in total. The van der Waals surface area contributed by atoms with Crippen LogP contribution in [0.2, 0.25) is 0 Å². The lowest BCUT2D eigenvalue weighted by Crippen LogP contribution is -1.94. The van der Waals surface area contributed by atoms with Crippen molar-refractivity contribution in [1.29, 1.82) is 0 Å². The largest absolute Gasteiger partial charge is 0.309 e. The predicted octanol–water partition coefficient (Wildman–Crippen LogP) is 19.1. The molecule has 0 bridgehead atoms. The Hall–Kier alpha value is -10.2. The number of benzene rings is 12. The molecule has 354 valence electrons. The molecule has 0 saturated heterocycles. The molecule has 0 aliphatic heterocycles. The predicted molar refractivity (Wildman–Crippen MR) is 320 cm³/mol. The highest BCUT2D eigenvalue weighted by Gasteiger charge is 2.20. The van der Waals surface area contributed by atoms with E-state index in [1.54, 1.807) is 0 Å². The van der Waals surface area contributed by atoms with Gasteiger partial charge >= 0.3 is 0 Å². The summed E-state index contributed by atoms with van der Waals surface area (Å²) in [5, 5.41) is 5.27. The number of rotatable bonds is 7. The monoisotopic (exact) mass is 978 g/mol. The Bertz CT molecular complexity index is 5450. The number of hydrogen-bond acceptors (Lipinski definition) is 0. The van der Waals surface area contributed by atoms with E-state index in [1.807, 2.05) is 159 Å². The summed E-state index contributed by atoms with van der Waals surface area (Å²) in [6, 6.07) is 65.4. The second kappa shape index (κ2) is 16.7. The Morgan fingerprint density at radius 3 is 0.750 bits per heavy atom. The van der Waals surface area contributed by atoms with Crippen molar-refractivity contribution >= 4 is 87.2 Å². The molecule has 4 aromatic heterocycles. The minimum atomic E-state index is -0.301. The van der Waals surface area contributed by atoms with E-state index >= 15 is 0 Å². The van der Waals surface area contributed by atoms with Gasteiger partial charge in [0.15, 0.2) is 0 Å². The van der Waals surface area contributed by atoms with E-state index in [2.05, 4.69) is 65.2 Å². The standard InChI is InChI=1S/C72H46N4/c1-4-16-53(17-5-1)73-65-25-13-10-22-57(65)60-42-48(30-37-68(60)73)47-28-35-56(36-29-47)76-71-40-33-51(49-31-38-69-61(43-49)58-23-11-14-26-66(58)74(69)54-18-6-2-7-19-54)45-63(71)64-46-52(34-41-72(64)76)50-32-39-70-62(44-50)59-24-12-15-27-67(59)75(70)55-20-8-3-9-21-55/h1-46H/i10D,11D,12D,13D,14D,15D,22D,23D,24D,25D,26D,27D. The molecule has 16 rings (SSSR count). The van der Waals surface area contributed by atoms with Gasteiger partial charge in [-0.25, -0.2) is 0 Å². The molecule has 16 aromatic rings. The average Bonchev–Trinajstić information content (AvgIpc) is 3.12. The molecule has 76 heavy (non-hydrogen) atoms. The first-order valence-corrected chi connectivity index (χ1v) is 25.2. The molecule has 0 spiro atoms. The molecular weight excluding hydrogens is 921 g/mol. The quantitative estimate of drug-likeness (QED) is 0.152. The van der Waals surface area contributed by atoms with Crippen molar-refractivity contribution in [3.63, 3.8) is 0 Å². The van der Waals surface area contributed by atoms with Gasteiger partial charge in [-0.2, -0.15) is 0 Å². The van der Waals surface area contributed by atoms with Crippen LogP contribution in [0.25, 0.3) is 143 Å². The van der Waals surface area contributed by atoms with Gasteiger partial charge in [-0.05, 0) is 161 Å². The van der Waals surface area contributed by atoms with E-state index in [-0.39, 0.29) is 72.5 Å². The molecule has 0 radical (unpaired) electrons. The molecule has 12 aromatic carbocycles. The molecule has 0 aliphatic carbocycles. The zero-order valence-electron chi connectivity index (χ0n) is 52.4. The third kappa shape index (κ3) is 6.44. The summed E-state index contributed by atoms with van der Waals surface area (Å²) in [7, 11) is 0. The molecule has 0 fully saturated rings. The fourth-order valence-electron chi connectivity index (χ4n) is 11.7. The topological polar surface area (TPSA) is 19.7 Å². The van der Waals surface area contributed by atoms with Crippen LogP contribution in [0.15, 0.2) is 279 Å². The van der Waals surface area contributed by atoms with Crippen LogP contribution in [0.5, 0.6) is 0 Å². The average molecular weight is 979 g/mol. The Morgan fingerprint density at radius 2 is 0.434 bits per heavy atom. The number of hydrogen-bond donors (Lipinski definition) is 0. The number of aromatic nitrogens is 4. The van der Waals surface area contributed by atoms with Gasteiger partial charge in [0, 0.05) is 65.8 Å². The van der Waals surface area contributed by atoms with Gasteiger partial charge in [-0.1, -0.05) is 151 Å². The van der Waals surface area contributed by atoms with E-state index in [1.165, 1.54) is 0 Å². The zero-order valence-corrected chi connectivity index (χ0v) is 40.4. The normalized spacial score (nSPS) is 14.2. The molecule has 0 unspecified atom stereocenters. The SMILES string of the molecule is [2H]c1c([2H])c([2H])c2c(c1[2H])c1cc(-c3ccc(-n4c5ccc(-c6ccc7c(c6)c6c([2H])c([2H])c([2H])c([2H])c6n7-c6ccccc6)cc5c5cc(-c6ccc7c(c6)c6c([2H])c([2H])c([2H])c([2H])c6n7-c6ccccc6)ccc54)cc3)ccc1n2-c1ccccc1. The highest BCUT2D eigenvalue weighted by Crippen LogP contribution is 2.42. The van der Waals surface area contributed by atoms with Gasteiger partial charge in [-0.15, -0.1) is 0 Å². The molecule has 0 amide bonds. The first-order chi connectivity index (χ1) is 42.7. The first kappa shape index (κ1) is 32.1. The van der Waals surface area contributed by atoms with Crippen molar-refractivity contribution in [3.8, 4) is 56.1 Å². The van der Waals surface area contributed by atoms with Crippen molar-refractivity contribution in [2.75, 3.05) is 0 Å². The van der Waals surface area contributed by atoms with Crippen LogP contribution in [0.4, 0.5) is 0 Å². The molecule has 0 atom stereocenters. The van der Waals surface area contributed by atoms with Crippen LogP contribution in [0.3, 0.4) is 0 Å². The number of nitrogens with zero attached hydrogens (tertiary/aromatic N) is 4. The van der Waals surface area contributed by atoms with E-state index in [4.69, 9.17) is 13.7 Å². The van der Waals surface area contributed by atoms with Crippen LogP contribution in [-0.2, 0) is 0 Å². The van der Waals surface area contributed by atoms with E-state index in [9.17, 15) is 2.74 Å². The van der Waals surface area contributed by atoms with Gasteiger partial charge in [0.1, 0.15) is 0 Å². The summed E-state index contributed by atoms with van der Waals surface area (Å²) in [6.07, 6.45) is 0. The maximum absolute atomic E-state index is 9.21. The first-order valence-electron chi connectivity index (χ1n) is 31.2. The van der Waals surface area contributed by atoms with Gasteiger partial charge < -0.3 is 18.3 Å². The summed E-state index contributed by atoms with van der Waals surface area (Å²) in [5.74, 6) is 0. The fraction of sp³-hybridized carbons (Fsp3) is 0.